The van der Waals surface area contributed by atoms with Gasteiger partial charge >= 0.3 is 0 Å². The van der Waals surface area contributed by atoms with Crippen LogP contribution in [0.4, 0.5) is 0 Å². The van der Waals surface area contributed by atoms with Crippen LogP contribution in [0.2, 0.25) is 0 Å². The van der Waals surface area contributed by atoms with Crippen LogP contribution in [-0.2, 0) is 30.8 Å². The quantitative estimate of drug-likeness (QED) is 0.833. The number of tetrazole rings is 1. The largest absolute Gasteiger partial charge is 0.336 e. The Kier molecular flexibility index (Phi) is 5.43. The Labute approximate surface area is 165 Å². The zero-order chi connectivity index (χ0) is 19.7. The number of piperidine rings is 1. The van der Waals surface area contributed by atoms with E-state index in [2.05, 4.69) is 51.4 Å². The summed E-state index contributed by atoms with van der Waals surface area (Å²) in [5.74, 6) is 1.96. The fourth-order valence-electron chi connectivity index (χ4n) is 4.12. The Morgan fingerprint density at radius 3 is 2.79 bits per heavy atom. The number of aromatic amines is 1. The molecule has 2 aliphatic heterocycles. The van der Waals surface area contributed by atoms with Crippen molar-refractivity contribution >= 4 is 5.91 Å². The third-order valence-electron chi connectivity index (χ3n) is 6.00. The van der Waals surface area contributed by atoms with Crippen molar-refractivity contribution in [1.82, 2.24) is 40.2 Å². The topological polar surface area (TPSA) is 95.8 Å². The first-order valence-electron chi connectivity index (χ1n) is 10.3. The number of aromatic nitrogens is 6. The fourth-order valence-corrected chi connectivity index (χ4v) is 4.12. The maximum Gasteiger partial charge on any atom is 0.244 e. The lowest BCUT2D eigenvalue weighted by molar-refractivity contribution is -0.133. The third-order valence-corrected chi connectivity index (χ3v) is 6.00. The van der Waals surface area contributed by atoms with E-state index >= 15 is 0 Å². The van der Waals surface area contributed by atoms with Crippen molar-refractivity contribution in [3.8, 4) is 0 Å². The lowest BCUT2D eigenvalue weighted by Gasteiger charge is -2.30. The molecule has 1 N–H and O–H groups in total. The monoisotopic (exact) mass is 386 g/mol. The molecule has 4 heterocycles. The molecule has 0 radical (unpaired) electrons. The van der Waals surface area contributed by atoms with E-state index in [1.807, 2.05) is 4.90 Å². The lowest BCUT2D eigenvalue weighted by Crippen LogP contribution is -2.39. The number of fused-ring (bicyclic) bond motifs is 1. The van der Waals surface area contributed by atoms with Crippen molar-refractivity contribution in [3.05, 3.63) is 22.8 Å². The van der Waals surface area contributed by atoms with Crippen molar-refractivity contribution in [2.24, 2.45) is 5.92 Å². The van der Waals surface area contributed by atoms with Gasteiger partial charge in [0.2, 0.25) is 5.91 Å². The highest BCUT2D eigenvalue weighted by Gasteiger charge is 2.27. The van der Waals surface area contributed by atoms with Gasteiger partial charge in [0, 0.05) is 30.8 Å². The van der Waals surface area contributed by atoms with Gasteiger partial charge in [-0.2, -0.15) is 5.10 Å². The summed E-state index contributed by atoms with van der Waals surface area (Å²) in [7, 11) is 0. The molecule has 0 unspecified atom stereocenters. The minimum absolute atomic E-state index is 0.0578. The molecule has 0 aromatic carbocycles. The lowest BCUT2D eigenvalue weighted by atomic mass is 9.99. The van der Waals surface area contributed by atoms with Gasteiger partial charge in [-0.25, -0.2) is 4.68 Å². The maximum absolute atomic E-state index is 12.9. The van der Waals surface area contributed by atoms with Crippen LogP contribution in [0.15, 0.2) is 0 Å². The highest BCUT2D eigenvalue weighted by molar-refractivity contribution is 5.76. The molecule has 0 atom stereocenters. The summed E-state index contributed by atoms with van der Waals surface area (Å²) in [6, 6.07) is 0. The molecule has 2 aliphatic rings. The second-order valence-corrected chi connectivity index (χ2v) is 8.50. The molecule has 1 saturated heterocycles. The number of nitrogens with zero attached hydrogens (tertiary/aromatic N) is 7. The van der Waals surface area contributed by atoms with Crippen molar-refractivity contribution in [2.75, 3.05) is 19.6 Å². The molecule has 152 valence electrons. The molecule has 1 fully saturated rings. The first-order valence-corrected chi connectivity index (χ1v) is 10.3. The number of rotatable bonds is 5. The van der Waals surface area contributed by atoms with Gasteiger partial charge in [-0.1, -0.05) is 20.8 Å². The van der Waals surface area contributed by atoms with E-state index in [1.165, 1.54) is 18.4 Å². The predicted octanol–water partition coefficient (Wildman–Crippen LogP) is 1.34. The van der Waals surface area contributed by atoms with E-state index in [0.29, 0.717) is 25.6 Å². The Morgan fingerprint density at radius 2 is 2.04 bits per heavy atom. The van der Waals surface area contributed by atoms with Crippen molar-refractivity contribution in [2.45, 2.75) is 65.6 Å². The van der Waals surface area contributed by atoms with E-state index in [4.69, 9.17) is 0 Å². The van der Waals surface area contributed by atoms with Crippen LogP contribution in [0, 0.1) is 5.92 Å². The molecule has 28 heavy (non-hydrogen) atoms. The van der Waals surface area contributed by atoms with E-state index in [0.717, 1.165) is 42.6 Å². The first kappa shape index (κ1) is 19.0. The number of H-pyrrole nitrogens is 1. The second kappa shape index (κ2) is 7.98. The predicted molar refractivity (Wildman–Crippen MR) is 103 cm³/mol. The van der Waals surface area contributed by atoms with Crippen LogP contribution in [-0.4, -0.2) is 65.7 Å². The smallest absolute Gasteiger partial charge is 0.244 e. The number of amides is 1. The maximum atomic E-state index is 12.9. The molecule has 0 spiro atoms. The number of hydrogen-bond donors (Lipinski definition) is 1. The standard InChI is InChI=1S/C19H30N8O/c1-13(2)19-15-10-26(9-6-16(15)20-22-19)18(28)12-27-17(21-23-24-27)11-25-7-4-14(3)5-8-25/h13-14H,4-12H2,1-3H3,(H,20,22). The molecule has 4 rings (SSSR count). The molecule has 2 aromatic heterocycles. The summed E-state index contributed by atoms with van der Waals surface area (Å²) >= 11 is 0. The van der Waals surface area contributed by atoms with Crippen LogP contribution >= 0.6 is 0 Å². The van der Waals surface area contributed by atoms with Crippen molar-refractivity contribution in [1.29, 1.82) is 0 Å². The fraction of sp³-hybridized carbons (Fsp3) is 0.737. The molecule has 9 nitrogen and oxygen atoms in total. The third kappa shape index (κ3) is 3.94. The molecule has 0 aliphatic carbocycles. The van der Waals surface area contributed by atoms with Crippen LogP contribution in [0.5, 0.6) is 0 Å². The van der Waals surface area contributed by atoms with Gasteiger partial charge in [-0.3, -0.25) is 14.8 Å². The molecule has 1 amide bonds. The molecule has 0 bridgehead atoms. The minimum atomic E-state index is 0.0578. The number of carbonyl (C=O) groups is 1. The number of hydrogen-bond acceptors (Lipinski definition) is 6. The Hall–Kier alpha value is -2.29. The van der Waals surface area contributed by atoms with Crippen molar-refractivity contribution < 1.29 is 4.79 Å². The van der Waals surface area contributed by atoms with E-state index in [9.17, 15) is 4.79 Å². The van der Waals surface area contributed by atoms with E-state index in [1.54, 1.807) is 4.68 Å². The highest BCUT2D eigenvalue weighted by Crippen LogP contribution is 2.25. The van der Waals surface area contributed by atoms with E-state index in [-0.39, 0.29) is 12.5 Å². The van der Waals surface area contributed by atoms with Crippen molar-refractivity contribution in [3.63, 3.8) is 0 Å². The molecule has 0 saturated carbocycles. The summed E-state index contributed by atoms with van der Waals surface area (Å²) < 4.78 is 1.66. The van der Waals surface area contributed by atoms with Crippen LogP contribution in [0.1, 0.15) is 62.3 Å². The van der Waals surface area contributed by atoms with Gasteiger partial charge in [0.15, 0.2) is 5.82 Å². The van der Waals surface area contributed by atoms with Gasteiger partial charge in [0.05, 0.1) is 12.2 Å². The normalized spacial score (nSPS) is 18.6. The summed E-state index contributed by atoms with van der Waals surface area (Å²) in [5.41, 5.74) is 3.40. The molecule has 2 aromatic rings. The van der Waals surface area contributed by atoms with Crippen LogP contribution < -0.4 is 0 Å². The average molecular weight is 387 g/mol. The first-order chi connectivity index (χ1) is 13.5. The average Bonchev–Trinajstić information content (AvgIpc) is 3.30. The second-order valence-electron chi connectivity index (χ2n) is 8.50. The van der Waals surface area contributed by atoms with Gasteiger partial charge in [-0.15, -0.1) is 5.10 Å². The van der Waals surface area contributed by atoms with Crippen LogP contribution in [0.25, 0.3) is 0 Å². The molecule has 9 heteroatoms. The van der Waals surface area contributed by atoms with Gasteiger partial charge in [0.25, 0.3) is 0 Å². The SMILES string of the molecule is CC1CCN(Cc2nnnn2CC(=O)N2CCc3[nH]nc(C(C)C)c3C2)CC1. The number of likely N-dealkylation sites (tertiary alicyclic amines) is 1. The zero-order valence-corrected chi connectivity index (χ0v) is 17.1. The summed E-state index contributed by atoms with van der Waals surface area (Å²) in [6.45, 7) is 10.9. The Balaban J connectivity index is 1.39. The number of carbonyl (C=O) groups excluding carboxylic acids is 1. The zero-order valence-electron chi connectivity index (χ0n) is 17.1. The Morgan fingerprint density at radius 1 is 1.25 bits per heavy atom. The summed E-state index contributed by atoms with van der Waals surface area (Å²) in [4.78, 5) is 17.2. The Bertz CT molecular complexity index is 818. The number of nitrogens with one attached hydrogen (secondary N) is 1. The molecular formula is C19H30N8O. The van der Waals surface area contributed by atoms with E-state index < -0.39 is 0 Å². The summed E-state index contributed by atoms with van der Waals surface area (Å²) in [5, 5.41) is 19.6. The van der Waals surface area contributed by atoms with Gasteiger partial charge < -0.3 is 4.90 Å². The van der Waals surface area contributed by atoms with Crippen LogP contribution in [0.3, 0.4) is 0 Å². The minimum Gasteiger partial charge on any atom is -0.336 e. The van der Waals surface area contributed by atoms with Gasteiger partial charge in [0.1, 0.15) is 6.54 Å². The van der Waals surface area contributed by atoms with Gasteiger partial charge in [-0.05, 0) is 48.2 Å². The molecular weight excluding hydrogens is 356 g/mol. The summed E-state index contributed by atoms with van der Waals surface area (Å²) in [6.07, 6.45) is 3.23. The highest BCUT2D eigenvalue weighted by atomic mass is 16.2.